The molecule has 168 valence electrons. The monoisotopic (exact) mass is 445 g/mol. The van der Waals surface area contributed by atoms with E-state index in [1.807, 2.05) is 48.5 Å². The van der Waals surface area contributed by atoms with Crippen LogP contribution in [0.5, 0.6) is 0 Å². The van der Waals surface area contributed by atoms with Gasteiger partial charge in [-0.3, -0.25) is 4.79 Å². The van der Waals surface area contributed by atoms with Crippen LogP contribution < -0.4 is 10.3 Å². The molecule has 0 spiro atoms. The lowest BCUT2D eigenvalue weighted by Crippen LogP contribution is -2.10. The molecular formula is C31H27NO2. The van der Waals surface area contributed by atoms with Crippen LogP contribution >= 0.6 is 0 Å². The van der Waals surface area contributed by atoms with Crippen LogP contribution in [0.1, 0.15) is 31.7 Å². The number of nitrogens with zero attached hydrogens (tertiary/aromatic N) is 1. The van der Waals surface area contributed by atoms with Crippen LogP contribution in [0.4, 0.5) is 17.1 Å². The average molecular weight is 446 g/mol. The van der Waals surface area contributed by atoms with E-state index in [0.29, 0.717) is 22.6 Å². The first-order chi connectivity index (χ1) is 16.6. The summed E-state index contributed by atoms with van der Waals surface area (Å²) in [7, 11) is 0. The zero-order chi connectivity index (χ0) is 23.5. The number of benzene rings is 4. The van der Waals surface area contributed by atoms with Gasteiger partial charge in [-0.1, -0.05) is 56.3 Å². The van der Waals surface area contributed by atoms with E-state index in [2.05, 4.69) is 67.3 Å². The first-order valence-corrected chi connectivity index (χ1v) is 11.7. The van der Waals surface area contributed by atoms with Crippen molar-refractivity contribution in [3.63, 3.8) is 0 Å². The van der Waals surface area contributed by atoms with Gasteiger partial charge >= 0.3 is 0 Å². The van der Waals surface area contributed by atoms with Crippen molar-refractivity contribution >= 4 is 28.0 Å². The highest BCUT2D eigenvalue weighted by Gasteiger charge is 2.14. The van der Waals surface area contributed by atoms with E-state index in [9.17, 15) is 4.79 Å². The Labute approximate surface area is 199 Å². The smallest absolute Gasteiger partial charge is 0.193 e. The SMILES string of the molecule is CCC(C)c1ccc(N(c2ccccc2)c2ccc(-c3cc(=O)c4ccccc4o3)cc2)cc1. The van der Waals surface area contributed by atoms with E-state index in [1.54, 1.807) is 12.1 Å². The van der Waals surface area contributed by atoms with Gasteiger partial charge in [-0.2, -0.15) is 0 Å². The molecule has 5 aromatic rings. The van der Waals surface area contributed by atoms with Crippen molar-refractivity contribution in [2.24, 2.45) is 0 Å². The molecule has 0 amide bonds. The van der Waals surface area contributed by atoms with E-state index < -0.39 is 0 Å². The highest BCUT2D eigenvalue weighted by Crippen LogP contribution is 2.36. The minimum atomic E-state index is -0.0340. The highest BCUT2D eigenvalue weighted by atomic mass is 16.3. The summed E-state index contributed by atoms with van der Waals surface area (Å²) in [4.78, 5) is 14.8. The molecule has 0 aliphatic heterocycles. The van der Waals surface area contributed by atoms with Crippen molar-refractivity contribution in [3.05, 3.63) is 125 Å². The number of para-hydroxylation sites is 2. The topological polar surface area (TPSA) is 33.5 Å². The molecule has 0 aliphatic rings. The zero-order valence-electron chi connectivity index (χ0n) is 19.4. The molecule has 0 fully saturated rings. The van der Waals surface area contributed by atoms with Crippen LogP contribution in [-0.2, 0) is 0 Å². The molecule has 3 heteroatoms. The fourth-order valence-electron chi connectivity index (χ4n) is 4.23. The van der Waals surface area contributed by atoms with Gasteiger partial charge in [0.2, 0.25) is 0 Å². The summed E-state index contributed by atoms with van der Waals surface area (Å²) in [5.74, 6) is 1.11. The third kappa shape index (κ3) is 4.25. The molecule has 0 saturated heterocycles. The normalized spacial score (nSPS) is 11.9. The lowest BCUT2D eigenvalue weighted by molar-refractivity contribution is 0.619. The van der Waals surface area contributed by atoms with Gasteiger partial charge in [0.1, 0.15) is 11.3 Å². The Bertz CT molecular complexity index is 1450. The molecule has 0 N–H and O–H groups in total. The molecule has 5 rings (SSSR count). The summed E-state index contributed by atoms with van der Waals surface area (Å²) in [5.41, 5.74) is 6.00. The maximum atomic E-state index is 12.5. The standard InChI is InChI=1S/C31H27NO2/c1-3-22(2)23-13-17-26(18-14-23)32(25-9-5-4-6-10-25)27-19-15-24(16-20-27)31-21-29(33)28-11-7-8-12-30(28)34-31/h4-22H,3H2,1-2H3. The van der Waals surface area contributed by atoms with Crippen molar-refractivity contribution in [3.8, 4) is 11.3 Å². The lowest BCUT2D eigenvalue weighted by Gasteiger charge is -2.26. The number of anilines is 3. The predicted octanol–water partition coefficient (Wildman–Crippen LogP) is 8.44. The summed E-state index contributed by atoms with van der Waals surface area (Å²) in [5, 5.41) is 0.596. The fraction of sp³-hybridized carbons (Fsp3) is 0.129. The summed E-state index contributed by atoms with van der Waals surface area (Å²) in [6.07, 6.45) is 1.12. The van der Waals surface area contributed by atoms with Crippen LogP contribution in [0.2, 0.25) is 0 Å². The number of rotatable bonds is 6. The lowest BCUT2D eigenvalue weighted by atomic mass is 9.98. The Hall–Kier alpha value is -4.11. The average Bonchev–Trinajstić information content (AvgIpc) is 2.90. The molecule has 0 saturated carbocycles. The van der Waals surface area contributed by atoms with Crippen molar-refractivity contribution in [2.75, 3.05) is 4.90 Å². The first kappa shape index (κ1) is 21.7. The van der Waals surface area contributed by atoms with Gasteiger partial charge in [0.15, 0.2) is 5.43 Å². The van der Waals surface area contributed by atoms with Crippen molar-refractivity contribution in [2.45, 2.75) is 26.2 Å². The molecule has 3 nitrogen and oxygen atoms in total. The molecule has 0 bridgehead atoms. The van der Waals surface area contributed by atoms with Gasteiger partial charge < -0.3 is 9.32 Å². The second kappa shape index (κ2) is 9.40. The van der Waals surface area contributed by atoms with E-state index in [-0.39, 0.29) is 5.43 Å². The molecule has 1 atom stereocenters. The van der Waals surface area contributed by atoms with Crippen LogP contribution in [0.15, 0.2) is 118 Å². The fourth-order valence-corrected chi connectivity index (χ4v) is 4.23. The van der Waals surface area contributed by atoms with E-state index >= 15 is 0 Å². The summed E-state index contributed by atoms with van der Waals surface area (Å²) in [6, 6.07) is 36.2. The second-order valence-electron chi connectivity index (χ2n) is 8.59. The van der Waals surface area contributed by atoms with Crippen molar-refractivity contribution in [1.82, 2.24) is 0 Å². The van der Waals surface area contributed by atoms with E-state index in [4.69, 9.17) is 4.42 Å². The largest absolute Gasteiger partial charge is 0.456 e. The second-order valence-corrected chi connectivity index (χ2v) is 8.59. The van der Waals surface area contributed by atoms with Gasteiger partial charge in [-0.15, -0.1) is 0 Å². The van der Waals surface area contributed by atoms with Crippen molar-refractivity contribution < 1.29 is 4.42 Å². The Balaban J connectivity index is 1.53. The molecule has 0 radical (unpaired) electrons. The van der Waals surface area contributed by atoms with Crippen LogP contribution in [0.3, 0.4) is 0 Å². The third-order valence-corrected chi connectivity index (χ3v) is 6.39. The summed E-state index contributed by atoms with van der Waals surface area (Å²) in [6.45, 7) is 4.47. The third-order valence-electron chi connectivity index (χ3n) is 6.39. The van der Waals surface area contributed by atoms with Crippen LogP contribution in [0.25, 0.3) is 22.3 Å². The summed E-state index contributed by atoms with van der Waals surface area (Å²) < 4.78 is 6.03. The maximum Gasteiger partial charge on any atom is 0.193 e. The van der Waals surface area contributed by atoms with Crippen LogP contribution in [-0.4, -0.2) is 0 Å². The Morgan fingerprint density at radius 1 is 0.735 bits per heavy atom. The van der Waals surface area contributed by atoms with Gasteiger partial charge in [0.05, 0.1) is 5.39 Å². The Kier molecular flexibility index (Phi) is 6.01. The van der Waals surface area contributed by atoms with Gasteiger partial charge in [0, 0.05) is 28.7 Å². The minimum absolute atomic E-state index is 0.0340. The number of hydrogen-bond donors (Lipinski definition) is 0. The molecular weight excluding hydrogens is 418 g/mol. The molecule has 1 heterocycles. The van der Waals surface area contributed by atoms with Gasteiger partial charge in [-0.05, 0) is 78.6 Å². The number of hydrogen-bond acceptors (Lipinski definition) is 3. The maximum absolute atomic E-state index is 12.5. The summed E-state index contributed by atoms with van der Waals surface area (Å²) >= 11 is 0. The Morgan fingerprint density at radius 3 is 2.00 bits per heavy atom. The molecule has 1 aromatic heterocycles. The van der Waals surface area contributed by atoms with E-state index in [0.717, 1.165) is 29.0 Å². The van der Waals surface area contributed by atoms with E-state index in [1.165, 1.54) is 5.56 Å². The van der Waals surface area contributed by atoms with Crippen LogP contribution in [0, 0.1) is 0 Å². The number of fused-ring (bicyclic) bond motifs is 1. The minimum Gasteiger partial charge on any atom is -0.456 e. The predicted molar refractivity (Wildman–Crippen MR) is 141 cm³/mol. The molecule has 1 unspecified atom stereocenters. The molecule has 0 aliphatic carbocycles. The van der Waals surface area contributed by atoms with Gasteiger partial charge in [-0.25, -0.2) is 0 Å². The quantitative estimate of drug-likeness (QED) is 0.263. The van der Waals surface area contributed by atoms with Crippen molar-refractivity contribution in [1.29, 1.82) is 0 Å². The zero-order valence-corrected chi connectivity index (χ0v) is 19.4. The van der Waals surface area contributed by atoms with Gasteiger partial charge in [0.25, 0.3) is 0 Å². The molecule has 4 aromatic carbocycles. The highest BCUT2D eigenvalue weighted by molar-refractivity contribution is 5.80. The molecule has 34 heavy (non-hydrogen) atoms. The first-order valence-electron chi connectivity index (χ1n) is 11.7. The Morgan fingerprint density at radius 2 is 1.32 bits per heavy atom.